The number of fused-ring (bicyclic) bond motifs is 2. The normalized spacial score (nSPS) is 26.7. The molecule has 0 saturated carbocycles. The van der Waals surface area contributed by atoms with Crippen molar-refractivity contribution in [1.82, 2.24) is 14.7 Å². The minimum Gasteiger partial charge on any atom is -0.481 e. The fourth-order valence-corrected chi connectivity index (χ4v) is 4.11. The highest BCUT2D eigenvalue weighted by Gasteiger charge is 2.49. The molecule has 2 aliphatic rings. The largest absolute Gasteiger partial charge is 0.481 e. The number of halogens is 1. The number of aliphatic carboxylic acids is 1. The second kappa shape index (κ2) is 5.65. The van der Waals surface area contributed by atoms with Crippen LogP contribution >= 0.6 is 11.6 Å². The third-order valence-corrected chi connectivity index (χ3v) is 5.33. The van der Waals surface area contributed by atoms with E-state index in [0.29, 0.717) is 11.1 Å². The van der Waals surface area contributed by atoms with Gasteiger partial charge in [0.05, 0.1) is 17.3 Å². The van der Waals surface area contributed by atoms with Gasteiger partial charge in [-0.15, -0.1) is 0 Å². The maximum absolute atomic E-state index is 11.3. The molecule has 3 heterocycles. The van der Waals surface area contributed by atoms with Gasteiger partial charge in [0.1, 0.15) is 0 Å². The van der Waals surface area contributed by atoms with Crippen LogP contribution < -0.4 is 0 Å². The van der Waals surface area contributed by atoms with E-state index in [2.05, 4.69) is 10.00 Å². The highest BCUT2D eigenvalue weighted by atomic mass is 35.5. The number of carbonyl (C=O) groups is 1. The second-order valence-corrected chi connectivity index (χ2v) is 6.82. The van der Waals surface area contributed by atoms with Gasteiger partial charge < -0.3 is 5.11 Å². The summed E-state index contributed by atoms with van der Waals surface area (Å²) in [6.07, 6.45) is 4.80. The zero-order chi connectivity index (χ0) is 16.0. The fourth-order valence-electron chi connectivity index (χ4n) is 3.98. The van der Waals surface area contributed by atoms with E-state index in [9.17, 15) is 9.90 Å². The molecule has 1 aromatic heterocycles. The van der Waals surface area contributed by atoms with E-state index in [0.717, 1.165) is 37.2 Å². The van der Waals surface area contributed by atoms with E-state index in [1.54, 1.807) is 0 Å². The molecule has 23 heavy (non-hydrogen) atoms. The Morgan fingerprint density at radius 1 is 1.26 bits per heavy atom. The standard InChI is InChI=1S/C17H18ClN3O2/c18-11-1-3-13(4-2-11)21-8-7-12(19-21)10-20-14-5-6-16(20)15(9-14)17(22)23/h1-4,7-8,14-16H,5-6,9-10H2,(H,22,23)/t14-,15-,16-/m1/s1. The number of hydrogen-bond donors (Lipinski definition) is 1. The number of benzene rings is 1. The first-order valence-corrected chi connectivity index (χ1v) is 8.28. The monoisotopic (exact) mass is 331 g/mol. The van der Waals surface area contributed by atoms with Gasteiger partial charge in [-0.2, -0.15) is 5.10 Å². The molecule has 1 aromatic carbocycles. The van der Waals surface area contributed by atoms with Crippen molar-refractivity contribution in [3.63, 3.8) is 0 Å². The molecule has 5 nitrogen and oxygen atoms in total. The number of aromatic nitrogens is 2. The van der Waals surface area contributed by atoms with Crippen LogP contribution in [0, 0.1) is 5.92 Å². The molecule has 2 fully saturated rings. The average molecular weight is 332 g/mol. The number of hydrogen-bond acceptors (Lipinski definition) is 3. The van der Waals surface area contributed by atoms with E-state index in [1.165, 1.54) is 0 Å². The van der Waals surface area contributed by atoms with Gasteiger partial charge in [-0.3, -0.25) is 9.69 Å². The summed E-state index contributed by atoms with van der Waals surface area (Å²) in [7, 11) is 0. The van der Waals surface area contributed by atoms with Crippen molar-refractivity contribution in [3.05, 3.63) is 47.2 Å². The van der Waals surface area contributed by atoms with E-state index < -0.39 is 5.97 Å². The van der Waals surface area contributed by atoms with Crippen molar-refractivity contribution in [1.29, 1.82) is 0 Å². The molecule has 0 amide bonds. The highest BCUT2D eigenvalue weighted by molar-refractivity contribution is 6.30. The van der Waals surface area contributed by atoms with Crippen LogP contribution in [0.15, 0.2) is 36.5 Å². The van der Waals surface area contributed by atoms with E-state index in [-0.39, 0.29) is 12.0 Å². The number of rotatable bonds is 4. The second-order valence-electron chi connectivity index (χ2n) is 6.38. The molecule has 3 atom stereocenters. The quantitative estimate of drug-likeness (QED) is 0.935. The van der Waals surface area contributed by atoms with Crippen molar-refractivity contribution in [2.75, 3.05) is 0 Å². The first kappa shape index (κ1) is 14.7. The average Bonchev–Trinajstić information content (AvgIpc) is 3.24. The summed E-state index contributed by atoms with van der Waals surface area (Å²) in [4.78, 5) is 13.7. The Hall–Kier alpha value is -1.85. The Bertz CT molecular complexity index is 728. The number of carboxylic acid groups (broad SMARTS) is 1. The Balaban J connectivity index is 1.50. The van der Waals surface area contributed by atoms with E-state index in [4.69, 9.17) is 11.6 Å². The molecule has 0 aliphatic carbocycles. The van der Waals surface area contributed by atoms with Gasteiger partial charge >= 0.3 is 5.97 Å². The van der Waals surface area contributed by atoms with Gasteiger partial charge in [0, 0.05) is 29.8 Å². The summed E-state index contributed by atoms with van der Waals surface area (Å²) in [5.41, 5.74) is 1.94. The van der Waals surface area contributed by atoms with Gasteiger partial charge in [0.15, 0.2) is 0 Å². The molecule has 0 unspecified atom stereocenters. The lowest BCUT2D eigenvalue weighted by Gasteiger charge is -2.21. The van der Waals surface area contributed by atoms with Crippen LogP contribution in [-0.2, 0) is 11.3 Å². The summed E-state index contributed by atoms with van der Waals surface area (Å²) in [6.45, 7) is 0.722. The Labute approximate surface area is 139 Å². The van der Waals surface area contributed by atoms with Crippen LogP contribution in [0.1, 0.15) is 25.0 Å². The van der Waals surface area contributed by atoms with Gasteiger partial charge in [-0.1, -0.05) is 11.6 Å². The highest BCUT2D eigenvalue weighted by Crippen LogP contribution is 2.42. The number of carboxylic acids is 1. The van der Waals surface area contributed by atoms with Crippen LogP contribution in [0.5, 0.6) is 0 Å². The Morgan fingerprint density at radius 3 is 2.74 bits per heavy atom. The SMILES string of the molecule is O=C(O)[C@@H]1C[C@H]2CC[C@H]1N2Cc1ccn(-c2ccc(Cl)cc2)n1. The first-order chi connectivity index (χ1) is 11.1. The topological polar surface area (TPSA) is 58.4 Å². The Kier molecular flexibility index (Phi) is 3.62. The first-order valence-electron chi connectivity index (χ1n) is 7.91. The smallest absolute Gasteiger partial charge is 0.308 e. The van der Waals surface area contributed by atoms with E-state index in [1.807, 2.05) is 41.2 Å². The van der Waals surface area contributed by atoms with Gasteiger partial charge in [-0.05, 0) is 49.6 Å². The molecular formula is C17H18ClN3O2. The zero-order valence-corrected chi connectivity index (χ0v) is 13.4. The molecule has 120 valence electrons. The van der Waals surface area contributed by atoms with Crippen molar-refractivity contribution >= 4 is 17.6 Å². The van der Waals surface area contributed by atoms with Crippen molar-refractivity contribution < 1.29 is 9.90 Å². The summed E-state index contributed by atoms with van der Waals surface area (Å²) < 4.78 is 1.83. The maximum Gasteiger partial charge on any atom is 0.308 e. The summed E-state index contributed by atoms with van der Waals surface area (Å²) in [5.74, 6) is -0.874. The lowest BCUT2D eigenvalue weighted by atomic mass is 9.89. The molecule has 0 spiro atoms. The lowest BCUT2D eigenvalue weighted by molar-refractivity contribution is -0.142. The zero-order valence-electron chi connectivity index (χ0n) is 12.6. The minimum absolute atomic E-state index is 0.165. The van der Waals surface area contributed by atoms with Crippen LogP contribution in [0.4, 0.5) is 0 Å². The summed E-state index contributed by atoms with van der Waals surface area (Å²) in [6, 6.07) is 10.1. The molecule has 2 aromatic rings. The van der Waals surface area contributed by atoms with E-state index >= 15 is 0 Å². The predicted molar refractivity (Wildman–Crippen MR) is 86.7 cm³/mol. The third kappa shape index (κ3) is 2.64. The molecule has 4 rings (SSSR count). The minimum atomic E-state index is -0.658. The van der Waals surface area contributed by atoms with Gasteiger partial charge in [0.2, 0.25) is 0 Å². The van der Waals surface area contributed by atoms with Crippen molar-refractivity contribution in [2.45, 2.75) is 37.9 Å². The molecule has 2 bridgehead atoms. The van der Waals surface area contributed by atoms with Crippen molar-refractivity contribution in [2.24, 2.45) is 5.92 Å². The number of nitrogens with zero attached hydrogens (tertiary/aromatic N) is 3. The predicted octanol–water partition coefficient (Wildman–Crippen LogP) is 2.96. The molecule has 2 saturated heterocycles. The molecule has 6 heteroatoms. The van der Waals surface area contributed by atoms with Gasteiger partial charge in [-0.25, -0.2) is 4.68 Å². The van der Waals surface area contributed by atoms with Crippen LogP contribution in [0.25, 0.3) is 5.69 Å². The molecule has 2 aliphatic heterocycles. The Morgan fingerprint density at radius 2 is 2.04 bits per heavy atom. The lowest BCUT2D eigenvalue weighted by Crippen LogP contribution is -2.32. The molecular weight excluding hydrogens is 314 g/mol. The molecule has 0 radical (unpaired) electrons. The van der Waals surface area contributed by atoms with Crippen LogP contribution in [-0.4, -0.2) is 37.8 Å². The summed E-state index contributed by atoms with van der Waals surface area (Å²) >= 11 is 5.91. The van der Waals surface area contributed by atoms with Crippen molar-refractivity contribution in [3.8, 4) is 5.69 Å². The fraction of sp³-hybridized carbons (Fsp3) is 0.412. The third-order valence-electron chi connectivity index (χ3n) is 5.08. The maximum atomic E-state index is 11.3. The van der Waals surface area contributed by atoms with Crippen LogP contribution in [0.2, 0.25) is 5.02 Å². The van der Waals surface area contributed by atoms with Gasteiger partial charge in [0.25, 0.3) is 0 Å². The molecule has 1 N–H and O–H groups in total. The summed E-state index contributed by atoms with van der Waals surface area (Å²) in [5, 5.41) is 14.7. The van der Waals surface area contributed by atoms with Crippen LogP contribution in [0.3, 0.4) is 0 Å².